The van der Waals surface area contributed by atoms with Crippen molar-refractivity contribution >= 4 is 34.2 Å². The van der Waals surface area contributed by atoms with Crippen LogP contribution in [0, 0.1) is 0 Å². The second-order valence-electron chi connectivity index (χ2n) is 4.65. The smallest absolute Gasteiger partial charge is 0.411 e. The summed E-state index contributed by atoms with van der Waals surface area (Å²) in [6, 6.07) is 13.6. The molecule has 0 unspecified atom stereocenters. The lowest BCUT2D eigenvalue weighted by Crippen LogP contribution is -2.17. The number of rotatable bonds is 6. The summed E-state index contributed by atoms with van der Waals surface area (Å²) in [6.07, 6.45) is 1.25. The minimum Gasteiger partial charge on any atom is -0.447 e. The van der Waals surface area contributed by atoms with Gasteiger partial charge in [-0.15, -0.1) is 0 Å². The van der Waals surface area contributed by atoms with E-state index in [9.17, 15) is 4.79 Å². The van der Waals surface area contributed by atoms with Crippen molar-refractivity contribution in [2.45, 2.75) is 6.92 Å². The first-order valence-electron chi connectivity index (χ1n) is 6.98. The van der Waals surface area contributed by atoms with Gasteiger partial charge in [0.2, 0.25) is 0 Å². The molecule has 0 heterocycles. The standard InChI is InChI=1S/C17H18ClNO3/c1-13(18)9-10-21-11-12-22-17(20)19-16-8-4-6-14-5-2-3-7-15(14)16/h2-9H,10-12H2,1H3,(H,19,20). The number of fused-ring (bicyclic) bond motifs is 1. The van der Waals surface area contributed by atoms with Gasteiger partial charge in [-0.05, 0) is 24.5 Å². The van der Waals surface area contributed by atoms with E-state index in [4.69, 9.17) is 21.1 Å². The third-order valence-electron chi connectivity index (χ3n) is 2.97. The summed E-state index contributed by atoms with van der Waals surface area (Å²) >= 11 is 5.66. The molecular formula is C17H18ClNO3. The third kappa shape index (κ3) is 5.06. The van der Waals surface area contributed by atoms with Crippen molar-refractivity contribution in [3.8, 4) is 0 Å². The number of carbonyl (C=O) groups excluding carboxylic acids is 1. The molecule has 0 bridgehead atoms. The lowest BCUT2D eigenvalue weighted by atomic mass is 10.1. The minimum absolute atomic E-state index is 0.186. The molecule has 2 aromatic carbocycles. The van der Waals surface area contributed by atoms with Gasteiger partial charge in [-0.1, -0.05) is 48.0 Å². The van der Waals surface area contributed by atoms with Crippen LogP contribution in [-0.2, 0) is 9.47 Å². The van der Waals surface area contributed by atoms with E-state index in [1.54, 1.807) is 13.0 Å². The second-order valence-corrected chi connectivity index (χ2v) is 5.25. The fourth-order valence-corrected chi connectivity index (χ4v) is 1.99. The molecule has 2 rings (SSSR count). The van der Waals surface area contributed by atoms with Crippen LogP contribution < -0.4 is 5.32 Å². The van der Waals surface area contributed by atoms with Crippen LogP contribution in [0.25, 0.3) is 10.8 Å². The number of nitrogens with one attached hydrogen (secondary N) is 1. The normalized spacial score (nSPS) is 11.5. The summed E-state index contributed by atoms with van der Waals surface area (Å²) in [5, 5.41) is 5.45. The summed E-state index contributed by atoms with van der Waals surface area (Å²) in [5.41, 5.74) is 0.727. The molecule has 0 aliphatic heterocycles. The zero-order chi connectivity index (χ0) is 15.8. The van der Waals surface area contributed by atoms with Gasteiger partial charge in [0, 0.05) is 10.4 Å². The van der Waals surface area contributed by atoms with Crippen LogP contribution in [0.5, 0.6) is 0 Å². The van der Waals surface area contributed by atoms with E-state index in [0.717, 1.165) is 16.5 Å². The van der Waals surface area contributed by atoms with Crippen molar-refractivity contribution in [2.75, 3.05) is 25.1 Å². The van der Waals surface area contributed by atoms with E-state index in [1.807, 2.05) is 42.5 Å². The van der Waals surface area contributed by atoms with Gasteiger partial charge < -0.3 is 9.47 Å². The number of hydrogen-bond acceptors (Lipinski definition) is 3. The average Bonchev–Trinajstić information content (AvgIpc) is 2.51. The Balaban J connectivity index is 1.80. The van der Waals surface area contributed by atoms with Gasteiger partial charge in [-0.3, -0.25) is 5.32 Å². The Labute approximate surface area is 134 Å². The Hall–Kier alpha value is -2.04. The number of allylic oxidation sites excluding steroid dienone is 1. The van der Waals surface area contributed by atoms with Gasteiger partial charge >= 0.3 is 6.09 Å². The molecule has 0 aliphatic carbocycles. The monoisotopic (exact) mass is 319 g/mol. The summed E-state index contributed by atoms with van der Waals surface area (Å²) in [5.74, 6) is 0. The Morgan fingerprint density at radius 3 is 2.77 bits per heavy atom. The highest BCUT2D eigenvalue weighted by molar-refractivity contribution is 6.29. The van der Waals surface area contributed by atoms with Crippen LogP contribution in [0.1, 0.15) is 6.92 Å². The molecule has 0 radical (unpaired) electrons. The summed E-state index contributed by atoms with van der Waals surface area (Å²) < 4.78 is 10.3. The number of carbonyl (C=O) groups is 1. The quantitative estimate of drug-likeness (QED) is 0.795. The van der Waals surface area contributed by atoms with Crippen molar-refractivity contribution in [3.63, 3.8) is 0 Å². The minimum atomic E-state index is -0.496. The summed E-state index contributed by atoms with van der Waals surface area (Å²) in [7, 11) is 0. The maximum Gasteiger partial charge on any atom is 0.411 e. The SMILES string of the molecule is CC(Cl)=CCOCCOC(=O)Nc1cccc2ccccc12. The van der Waals surface area contributed by atoms with Crippen LogP contribution in [0.2, 0.25) is 0 Å². The van der Waals surface area contributed by atoms with Gasteiger partial charge in [0.25, 0.3) is 0 Å². The van der Waals surface area contributed by atoms with Gasteiger partial charge in [-0.25, -0.2) is 4.79 Å². The van der Waals surface area contributed by atoms with E-state index in [2.05, 4.69) is 5.32 Å². The highest BCUT2D eigenvalue weighted by Crippen LogP contribution is 2.22. The lowest BCUT2D eigenvalue weighted by Gasteiger charge is -2.09. The fraction of sp³-hybridized carbons (Fsp3) is 0.235. The third-order valence-corrected chi connectivity index (χ3v) is 3.12. The molecule has 1 amide bonds. The van der Waals surface area contributed by atoms with Gasteiger partial charge in [0.15, 0.2) is 0 Å². The Morgan fingerprint density at radius 2 is 1.95 bits per heavy atom. The van der Waals surface area contributed by atoms with E-state index in [0.29, 0.717) is 18.2 Å². The molecule has 0 saturated carbocycles. The first-order valence-corrected chi connectivity index (χ1v) is 7.36. The van der Waals surface area contributed by atoms with Crippen LogP contribution >= 0.6 is 11.6 Å². The van der Waals surface area contributed by atoms with Crippen molar-refractivity contribution in [1.29, 1.82) is 0 Å². The molecule has 0 spiro atoms. The van der Waals surface area contributed by atoms with Crippen LogP contribution in [-0.4, -0.2) is 25.9 Å². The largest absolute Gasteiger partial charge is 0.447 e. The number of halogens is 1. The molecule has 116 valence electrons. The molecule has 0 aliphatic rings. The molecule has 4 nitrogen and oxygen atoms in total. The van der Waals surface area contributed by atoms with Gasteiger partial charge in [-0.2, -0.15) is 0 Å². The van der Waals surface area contributed by atoms with Crippen LogP contribution in [0.15, 0.2) is 53.6 Å². The van der Waals surface area contributed by atoms with E-state index in [-0.39, 0.29) is 6.61 Å². The first kappa shape index (κ1) is 16.3. The zero-order valence-electron chi connectivity index (χ0n) is 12.3. The summed E-state index contributed by atoms with van der Waals surface area (Å²) in [4.78, 5) is 11.8. The topological polar surface area (TPSA) is 47.6 Å². The Morgan fingerprint density at radius 1 is 1.18 bits per heavy atom. The van der Waals surface area contributed by atoms with Crippen LogP contribution in [0.4, 0.5) is 10.5 Å². The summed E-state index contributed by atoms with van der Waals surface area (Å²) in [6.45, 7) is 2.69. The predicted octanol–water partition coefficient (Wildman–Crippen LogP) is 4.55. The maximum atomic E-state index is 11.8. The molecular weight excluding hydrogens is 302 g/mol. The van der Waals surface area contributed by atoms with Crippen molar-refractivity contribution in [2.24, 2.45) is 0 Å². The number of hydrogen-bond donors (Lipinski definition) is 1. The molecule has 0 saturated heterocycles. The second kappa shape index (κ2) is 8.41. The molecule has 5 heteroatoms. The number of ether oxygens (including phenoxy) is 2. The maximum absolute atomic E-state index is 11.8. The predicted molar refractivity (Wildman–Crippen MR) is 89.3 cm³/mol. The molecule has 0 fully saturated rings. The van der Waals surface area contributed by atoms with E-state index < -0.39 is 6.09 Å². The Kier molecular flexibility index (Phi) is 6.25. The molecule has 22 heavy (non-hydrogen) atoms. The number of amides is 1. The molecule has 0 aromatic heterocycles. The zero-order valence-corrected chi connectivity index (χ0v) is 13.1. The molecule has 1 N–H and O–H groups in total. The highest BCUT2D eigenvalue weighted by Gasteiger charge is 2.06. The van der Waals surface area contributed by atoms with E-state index in [1.165, 1.54) is 0 Å². The van der Waals surface area contributed by atoms with Crippen molar-refractivity contribution in [1.82, 2.24) is 0 Å². The average molecular weight is 320 g/mol. The first-order chi connectivity index (χ1) is 10.7. The van der Waals surface area contributed by atoms with E-state index >= 15 is 0 Å². The van der Waals surface area contributed by atoms with Crippen molar-refractivity contribution < 1.29 is 14.3 Å². The van der Waals surface area contributed by atoms with Crippen molar-refractivity contribution in [3.05, 3.63) is 53.6 Å². The fourth-order valence-electron chi connectivity index (χ4n) is 1.93. The Bertz CT molecular complexity index is 661. The van der Waals surface area contributed by atoms with Gasteiger partial charge in [0.05, 0.1) is 18.9 Å². The molecule has 2 aromatic rings. The van der Waals surface area contributed by atoms with Crippen LogP contribution in [0.3, 0.4) is 0 Å². The lowest BCUT2D eigenvalue weighted by molar-refractivity contribution is 0.0920. The van der Waals surface area contributed by atoms with Gasteiger partial charge in [0.1, 0.15) is 6.61 Å². The highest BCUT2D eigenvalue weighted by atomic mass is 35.5. The number of anilines is 1. The number of benzene rings is 2. The molecule has 0 atom stereocenters.